The third kappa shape index (κ3) is 3.24. The molecule has 1 fully saturated rings. The Morgan fingerprint density at radius 3 is 2.63 bits per heavy atom. The fraction of sp³-hybridized carbons (Fsp3) is 0.667. The maximum atomic E-state index is 12.6. The molecule has 0 N–H and O–H groups in total. The van der Waals surface area contributed by atoms with E-state index in [2.05, 4.69) is 16.8 Å². The van der Waals surface area contributed by atoms with Gasteiger partial charge in [-0.25, -0.2) is 0 Å². The molecule has 0 unspecified atom stereocenters. The number of hydrogen-bond acceptors (Lipinski definition) is 3. The molecule has 2 rings (SSSR count). The van der Waals surface area contributed by atoms with Gasteiger partial charge in [-0.2, -0.15) is 0 Å². The highest BCUT2D eigenvalue weighted by atomic mass is 19.1. The van der Waals surface area contributed by atoms with Crippen molar-refractivity contribution in [2.24, 2.45) is 5.92 Å². The maximum Gasteiger partial charge on any atom is 0.128 e. The van der Waals surface area contributed by atoms with Crippen molar-refractivity contribution in [2.75, 3.05) is 26.9 Å². The van der Waals surface area contributed by atoms with Gasteiger partial charge in [0, 0.05) is 23.9 Å². The van der Waals surface area contributed by atoms with Crippen molar-refractivity contribution in [3.63, 3.8) is 0 Å². The molecule has 1 aliphatic heterocycles. The second-order valence-electron chi connectivity index (χ2n) is 5.42. The van der Waals surface area contributed by atoms with E-state index in [0.29, 0.717) is 0 Å². The van der Waals surface area contributed by atoms with Crippen molar-refractivity contribution >= 4 is 0 Å². The molecule has 19 heavy (non-hydrogen) atoms. The van der Waals surface area contributed by atoms with Crippen LogP contribution in [0.2, 0.25) is 0 Å². The van der Waals surface area contributed by atoms with Crippen molar-refractivity contribution in [2.45, 2.75) is 33.2 Å². The lowest BCUT2D eigenvalue weighted by molar-refractivity contribution is 0.157. The monoisotopic (exact) mass is 266 g/mol. The maximum absolute atomic E-state index is 12.6. The number of aromatic nitrogens is 1. The molecule has 0 aliphatic carbocycles. The third-order valence-electron chi connectivity index (χ3n) is 4.05. The Morgan fingerprint density at radius 2 is 2.05 bits per heavy atom. The van der Waals surface area contributed by atoms with Crippen LogP contribution in [0.4, 0.5) is 4.39 Å². The predicted molar refractivity (Wildman–Crippen MR) is 74.2 cm³/mol. The molecule has 1 saturated heterocycles. The van der Waals surface area contributed by atoms with Crippen LogP contribution in [-0.2, 0) is 6.54 Å². The van der Waals surface area contributed by atoms with Gasteiger partial charge in [0.15, 0.2) is 0 Å². The number of halogens is 1. The van der Waals surface area contributed by atoms with E-state index in [1.165, 1.54) is 0 Å². The van der Waals surface area contributed by atoms with Crippen LogP contribution in [0.15, 0.2) is 6.20 Å². The fourth-order valence-corrected chi connectivity index (χ4v) is 2.74. The first-order valence-corrected chi connectivity index (χ1v) is 6.93. The van der Waals surface area contributed by atoms with E-state index in [4.69, 9.17) is 4.74 Å². The number of hydrogen-bond donors (Lipinski definition) is 0. The zero-order chi connectivity index (χ0) is 13.8. The molecular formula is C15H23FN2O. The number of pyridine rings is 1. The minimum atomic E-state index is -0.177. The fourth-order valence-electron chi connectivity index (χ4n) is 2.74. The van der Waals surface area contributed by atoms with E-state index in [1.807, 2.05) is 13.1 Å². The van der Waals surface area contributed by atoms with Crippen LogP contribution in [0.5, 0.6) is 5.75 Å². The van der Waals surface area contributed by atoms with Gasteiger partial charge in [-0.3, -0.25) is 14.3 Å². The summed E-state index contributed by atoms with van der Waals surface area (Å²) in [5.41, 5.74) is 3.26. The second-order valence-corrected chi connectivity index (χ2v) is 5.42. The van der Waals surface area contributed by atoms with Crippen LogP contribution in [-0.4, -0.2) is 36.8 Å². The summed E-state index contributed by atoms with van der Waals surface area (Å²) in [7, 11) is 1.70. The normalized spacial score (nSPS) is 17.7. The third-order valence-corrected chi connectivity index (χ3v) is 4.05. The number of nitrogens with zero attached hydrogens (tertiary/aromatic N) is 2. The molecule has 4 heteroatoms. The Hall–Kier alpha value is -1.16. The van der Waals surface area contributed by atoms with Crippen molar-refractivity contribution in [3.05, 3.63) is 23.0 Å². The summed E-state index contributed by atoms with van der Waals surface area (Å²) >= 11 is 0. The summed E-state index contributed by atoms with van der Waals surface area (Å²) in [4.78, 5) is 6.88. The molecule has 0 saturated carbocycles. The Morgan fingerprint density at radius 1 is 1.37 bits per heavy atom. The highest BCUT2D eigenvalue weighted by molar-refractivity contribution is 5.41. The first kappa shape index (κ1) is 14.3. The summed E-state index contributed by atoms with van der Waals surface area (Å²) in [6.45, 7) is 6.65. The molecule has 1 aromatic rings. The number of methoxy groups -OCH3 is 1. The zero-order valence-electron chi connectivity index (χ0n) is 12.1. The highest BCUT2D eigenvalue weighted by Gasteiger charge is 2.20. The van der Waals surface area contributed by atoms with Gasteiger partial charge in [0.05, 0.1) is 19.5 Å². The molecule has 0 aromatic carbocycles. The van der Waals surface area contributed by atoms with Crippen molar-refractivity contribution < 1.29 is 9.13 Å². The first-order chi connectivity index (χ1) is 9.15. The Balaban J connectivity index is 2.04. The van der Waals surface area contributed by atoms with Crippen LogP contribution in [0.1, 0.15) is 29.7 Å². The van der Waals surface area contributed by atoms with Crippen LogP contribution in [0, 0.1) is 19.8 Å². The van der Waals surface area contributed by atoms with E-state index in [-0.39, 0.29) is 12.6 Å². The molecule has 0 amide bonds. The average Bonchev–Trinajstić information content (AvgIpc) is 2.43. The number of piperidine rings is 1. The first-order valence-electron chi connectivity index (χ1n) is 6.93. The smallest absolute Gasteiger partial charge is 0.128 e. The number of aryl methyl sites for hydroxylation is 1. The SMILES string of the molecule is COc1c(C)cnc(CN2CCC(CF)CC2)c1C. The summed E-state index contributed by atoms with van der Waals surface area (Å²) in [6, 6.07) is 0. The highest BCUT2D eigenvalue weighted by Crippen LogP contribution is 2.26. The van der Waals surface area contributed by atoms with E-state index in [9.17, 15) is 4.39 Å². The summed E-state index contributed by atoms with van der Waals surface area (Å²) < 4.78 is 18.0. The Bertz CT molecular complexity index is 428. The summed E-state index contributed by atoms with van der Waals surface area (Å²) in [5.74, 6) is 1.20. The lowest BCUT2D eigenvalue weighted by atomic mass is 9.98. The molecule has 0 atom stereocenters. The lowest BCUT2D eigenvalue weighted by Gasteiger charge is -2.30. The van der Waals surface area contributed by atoms with Crippen molar-refractivity contribution in [1.29, 1.82) is 0 Å². The van der Waals surface area contributed by atoms with E-state index in [0.717, 1.165) is 55.0 Å². The minimum absolute atomic E-state index is 0.177. The van der Waals surface area contributed by atoms with Crippen LogP contribution >= 0.6 is 0 Å². The Labute approximate surface area is 114 Å². The van der Waals surface area contributed by atoms with Crippen molar-refractivity contribution in [1.82, 2.24) is 9.88 Å². The largest absolute Gasteiger partial charge is 0.496 e. The van der Waals surface area contributed by atoms with Gasteiger partial charge >= 0.3 is 0 Å². The topological polar surface area (TPSA) is 25.4 Å². The number of ether oxygens (including phenoxy) is 1. The van der Waals surface area contributed by atoms with Gasteiger partial charge in [-0.05, 0) is 45.7 Å². The van der Waals surface area contributed by atoms with Gasteiger partial charge in [0.1, 0.15) is 5.75 Å². The van der Waals surface area contributed by atoms with Crippen LogP contribution < -0.4 is 4.74 Å². The molecule has 0 bridgehead atoms. The standard InChI is InChI=1S/C15H23FN2O/c1-11-9-17-14(12(2)15(11)19-3)10-18-6-4-13(8-16)5-7-18/h9,13H,4-8,10H2,1-3H3. The molecule has 0 radical (unpaired) electrons. The average molecular weight is 266 g/mol. The molecule has 106 valence electrons. The number of alkyl halides is 1. The quantitative estimate of drug-likeness (QED) is 0.838. The molecule has 3 nitrogen and oxygen atoms in total. The summed E-state index contributed by atoms with van der Waals surface area (Å²) in [6.07, 6.45) is 3.78. The van der Waals surface area contributed by atoms with E-state index < -0.39 is 0 Å². The zero-order valence-corrected chi connectivity index (χ0v) is 12.1. The van der Waals surface area contributed by atoms with Gasteiger partial charge in [-0.1, -0.05) is 0 Å². The molecular weight excluding hydrogens is 243 g/mol. The second kappa shape index (κ2) is 6.33. The van der Waals surface area contributed by atoms with E-state index in [1.54, 1.807) is 7.11 Å². The van der Waals surface area contributed by atoms with E-state index >= 15 is 0 Å². The van der Waals surface area contributed by atoms with Gasteiger partial charge in [0.2, 0.25) is 0 Å². The molecule has 2 heterocycles. The van der Waals surface area contributed by atoms with Crippen LogP contribution in [0.3, 0.4) is 0 Å². The number of likely N-dealkylation sites (tertiary alicyclic amines) is 1. The van der Waals surface area contributed by atoms with Gasteiger partial charge in [-0.15, -0.1) is 0 Å². The molecule has 1 aromatic heterocycles. The Kier molecular flexibility index (Phi) is 4.75. The van der Waals surface area contributed by atoms with Gasteiger partial charge in [0.25, 0.3) is 0 Å². The van der Waals surface area contributed by atoms with Crippen molar-refractivity contribution in [3.8, 4) is 5.75 Å². The minimum Gasteiger partial charge on any atom is -0.496 e. The summed E-state index contributed by atoms with van der Waals surface area (Å²) in [5, 5.41) is 0. The van der Waals surface area contributed by atoms with Crippen LogP contribution in [0.25, 0.3) is 0 Å². The molecule has 1 aliphatic rings. The lowest BCUT2D eigenvalue weighted by Crippen LogP contribution is -2.34. The molecule has 0 spiro atoms. The van der Waals surface area contributed by atoms with Gasteiger partial charge < -0.3 is 4.74 Å². The predicted octanol–water partition coefficient (Wildman–Crippen LogP) is 2.89. The number of rotatable bonds is 4.